The summed E-state index contributed by atoms with van der Waals surface area (Å²) in [6.07, 6.45) is 1.17. The quantitative estimate of drug-likeness (QED) is 0.402. The monoisotopic (exact) mass is 574 g/mol. The third kappa shape index (κ3) is 5.49. The van der Waals surface area contributed by atoms with Gasteiger partial charge in [-0.15, -0.1) is 0 Å². The van der Waals surface area contributed by atoms with E-state index in [1.54, 1.807) is 19.1 Å². The molecule has 0 aromatic heterocycles. The van der Waals surface area contributed by atoms with Crippen LogP contribution in [0, 0.1) is 5.92 Å². The molecule has 1 fully saturated rings. The van der Waals surface area contributed by atoms with Crippen LogP contribution in [-0.4, -0.2) is 49.7 Å². The first-order valence-electron chi connectivity index (χ1n) is 11.8. The third-order valence-corrected chi connectivity index (χ3v) is 7.03. The molecule has 2 aromatic rings. The van der Waals surface area contributed by atoms with Crippen LogP contribution in [0.25, 0.3) is 11.4 Å². The van der Waals surface area contributed by atoms with Crippen LogP contribution in [0.4, 0.5) is 4.79 Å². The standard InChI is InChI=1S/C27H30BrClN3O4/c1-27(2,3)36-26(33)32-14-12-16(13-15-32)25-30-23(21-17(28)8-6-10-19(21)34-4)24(31-25)22-18(29)9-7-11-20(22)35-5/h6-11,16H,12-15H2,1-5H3. The summed E-state index contributed by atoms with van der Waals surface area (Å²) in [6.45, 7) is 6.77. The molecule has 1 amide bonds. The molecule has 0 unspecified atom stereocenters. The highest BCUT2D eigenvalue weighted by molar-refractivity contribution is 9.10. The maximum Gasteiger partial charge on any atom is 0.410 e. The minimum Gasteiger partial charge on any atom is -0.496 e. The van der Waals surface area contributed by atoms with Gasteiger partial charge in [0.1, 0.15) is 34.3 Å². The van der Waals surface area contributed by atoms with Crippen LogP contribution in [0.3, 0.4) is 0 Å². The van der Waals surface area contributed by atoms with E-state index in [9.17, 15) is 4.79 Å². The third-order valence-electron chi connectivity index (χ3n) is 6.05. The number of likely N-dealkylation sites (tertiary alicyclic amines) is 1. The normalized spacial score (nSPS) is 16.5. The maximum absolute atomic E-state index is 12.5. The summed E-state index contributed by atoms with van der Waals surface area (Å²) in [5.74, 6) is 2.07. The number of nitrogens with zero attached hydrogens (tertiary/aromatic N) is 3. The molecular weight excluding hydrogens is 546 g/mol. The van der Waals surface area contributed by atoms with Gasteiger partial charge in [-0.1, -0.05) is 23.7 Å². The van der Waals surface area contributed by atoms with Gasteiger partial charge in [0.25, 0.3) is 0 Å². The first-order chi connectivity index (χ1) is 17.1. The number of carbonyl (C=O) groups is 1. The Hall–Kier alpha value is -2.71. The molecule has 0 spiro atoms. The predicted octanol–water partition coefficient (Wildman–Crippen LogP) is 6.61. The summed E-state index contributed by atoms with van der Waals surface area (Å²) >= 11 is 10.3. The summed E-state index contributed by atoms with van der Waals surface area (Å²) in [4.78, 5) is 19.3. The number of benzene rings is 2. The van der Waals surface area contributed by atoms with Gasteiger partial charge in [0.2, 0.25) is 0 Å². The van der Waals surface area contributed by atoms with Crippen molar-refractivity contribution in [1.29, 1.82) is 0 Å². The van der Waals surface area contributed by atoms with E-state index in [0.29, 0.717) is 52.4 Å². The van der Waals surface area contributed by atoms with E-state index < -0.39 is 5.60 Å². The van der Waals surface area contributed by atoms with Crippen molar-refractivity contribution >= 4 is 50.9 Å². The van der Waals surface area contributed by atoms with Crippen molar-refractivity contribution in [2.75, 3.05) is 27.3 Å². The number of aliphatic imine (C=N–C) groups is 1. The molecule has 0 N–H and O–H groups in total. The van der Waals surface area contributed by atoms with Crippen molar-refractivity contribution in [3.05, 3.63) is 57.0 Å². The topological polar surface area (TPSA) is 74.5 Å². The molecule has 9 heteroatoms. The summed E-state index contributed by atoms with van der Waals surface area (Å²) in [7, 11) is 3.24. The maximum atomic E-state index is 12.5. The average molecular weight is 576 g/mol. The van der Waals surface area contributed by atoms with Crippen LogP contribution in [0.2, 0.25) is 5.02 Å². The van der Waals surface area contributed by atoms with Crippen molar-refractivity contribution < 1.29 is 19.0 Å². The number of amides is 1. The summed E-state index contributed by atoms with van der Waals surface area (Å²) in [5, 5.41) is 5.55. The second kappa shape index (κ2) is 10.7. The van der Waals surface area contributed by atoms with Crippen LogP contribution >= 0.6 is 27.5 Å². The first-order valence-corrected chi connectivity index (χ1v) is 13.0. The minimum absolute atomic E-state index is 0.0816. The Morgan fingerprint density at radius 1 is 1.00 bits per heavy atom. The van der Waals surface area contributed by atoms with Crippen molar-refractivity contribution in [3.63, 3.8) is 0 Å². The fourth-order valence-electron chi connectivity index (χ4n) is 4.35. The molecule has 0 saturated carbocycles. The van der Waals surface area contributed by atoms with E-state index in [1.807, 2.05) is 57.2 Å². The van der Waals surface area contributed by atoms with E-state index in [2.05, 4.69) is 15.9 Å². The largest absolute Gasteiger partial charge is 0.496 e. The Kier molecular flexibility index (Phi) is 7.85. The van der Waals surface area contributed by atoms with E-state index in [0.717, 1.165) is 22.9 Å². The molecule has 2 aromatic carbocycles. The number of hydrogen-bond donors (Lipinski definition) is 0. The lowest BCUT2D eigenvalue weighted by atomic mass is 9.95. The van der Waals surface area contributed by atoms with Crippen LogP contribution in [0.1, 0.15) is 44.7 Å². The Bertz CT molecular complexity index is 1210. The van der Waals surface area contributed by atoms with Gasteiger partial charge >= 0.3 is 6.09 Å². The molecule has 1 saturated heterocycles. The van der Waals surface area contributed by atoms with Crippen molar-refractivity contribution in [1.82, 2.24) is 10.2 Å². The van der Waals surface area contributed by atoms with Gasteiger partial charge in [-0.3, -0.25) is 0 Å². The Morgan fingerprint density at radius 3 is 2.22 bits per heavy atom. The fourth-order valence-corrected chi connectivity index (χ4v) is 5.14. The van der Waals surface area contributed by atoms with Crippen molar-refractivity contribution in [3.8, 4) is 11.5 Å². The zero-order valence-corrected chi connectivity index (χ0v) is 23.4. The molecule has 1 radical (unpaired) electrons. The molecule has 191 valence electrons. The predicted molar refractivity (Wildman–Crippen MR) is 146 cm³/mol. The Labute approximate surface area is 225 Å². The number of carbonyl (C=O) groups excluding carboxylic acids is 1. The van der Waals surface area contributed by atoms with Crippen LogP contribution in [-0.2, 0) is 4.74 Å². The molecule has 0 atom stereocenters. The van der Waals surface area contributed by atoms with Gasteiger partial charge in [0, 0.05) is 23.5 Å². The van der Waals surface area contributed by atoms with Gasteiger partial charge in [0.05, 0.1) is 30.4 Å². The molecule has 2 heterocycles. The highest BCUT2D eigenvalue weighted by atomic mass is 79.9. The lowest BCUT2D eigenvalue weighted by molar-refractivity contribution is 0.0201. The second-order valence-corrected chi connectivity index (χ2v) is 10.9. The van der Waals surface area contributed by atoms with Gasteiger partial charge in [-0.2, -0.15) is 0 Å². The zero-order chi connectivity index (χ0) is 26.0. The number of piperidine rings is 1. The molecule has 7 nitrogen and oxygen atoms in total. The summed E-state index contributed by atoms with van der Waals surface area (Å²) < 4.78 is 17.7. The molecule has 2 aliphatic heterocycles. The molecule has 2 aliphatic rings. The number of rotatable bonds is 5. The molecule has 36 heavy (non-hydrogen) atoms. The van der Waals surface area contributed by atoms with Gasteiger partial charge < -0.3 is 19.1 Å². The average Bonchev–Trinajstić information content (AvgIpc) is 3.26. The van der Waals surface area contributed by atoms with Gasteiger partial charge in [-0.05, 0) is 73.8 Å². The molecule has 4 rings (SSSR count). The number of halogens is 2. The number of ether oxygens (including phenoxy) is 3. The van der Waals surface area contributed by atoms with Crippen LogP contribution < -0.4 is 14.8 Å². The number of amidine groups is 1. The SMILES string of the molecule is COc1cccc(Cl)c1C1=C(c2c(Br)cccc2OC)[N]C(C2CCN(C(=O)OC(C)(C)C)CC2)=N1. The minimum atomic E-state index is -0.525. The zero-order valence-electron chi connectivity index (χ0n) is 21.1. The van der Waals surface area contributed by atoms with E-state index in [1.165, 1.54) is 0 Å². The Balaban J connectivity index is 1.68. The highest BCUT2D eigenvalue weighted by Gasteiger charge is 2.35. The Morgan fingerprint density at radius 2 is 1.61 bits per heavy atom. The lowest BCUT2D eigenvalue weighted by Crippen LogP contribution is -2.43. The molecule has 0 aliphatic carbocycles. The van der Waals surface area contributed by atoms with Crippen LogP contribution in [0.15, 0.2) is 45.9 Å². The molecular formula is C27H30BrClN3O4. The van der Waals surface area contributed by atoms with E-state index >= 15 is 0 Å². The number of methoxy groups -OCH3 is 2. The van der Waals surface area contributed by atoms with Gasteiger partial charge in [-0.25, -0.2) is 15.1 Å². The summed E-state index contributed by atoms with van der Waals surface area (Å²) in [6, 6.07) is 11.3. The first kappa shape index (κ1) is 26.4. The smallest absolute Gasteiger partial charge is 0.410 e. The van der Waals surface area contributed by atoms with Gasteiger partial charge in [0.15, 0.2) is 0 Å². The second-order valence-electron chi connectivity index (χ2n) is 9.65. The molecule has 0 bridgehead atoms. The van der Waals surface area contributed by atoms with Crippen molar-refractivity contribution in [2.24, 2.45) is 10.9 Å². The lowest BCUT2D eigenvalue weighted by Gasteiger charge is -2.33. The van der Waals surface area contributed by atoms with E-state index in [4.69, 9.17) is 36.1 Å². The van der Waals surface area contributed by atoms with E-state index in [-0.39, 0.29) is 12.0 Å². The highest BCUT2D eigenvalue weighted by Crippen LogP contribution is 2.44. The van der Waals surface area contributed by atoms with Crippen molar-refractivity contribution in [2.45, 2.75) is 39.2 Å². The fraction of sp³-hybridized carbons (Fsp3) is 0.407. The number of hydrogen-bond acceptors (Lipinski definition) is 5. The van der Waals surface area contributed by atoms with Crippen LogP contribution in [0.5, 0.6) is 11.5 Å². The summed E-state index contributed by atoms with van der Waals surface area (Å²) in [5.41, 5.74) is 2.24.